The van der Waals surface area contributed by atoms with Crippen LogP contribution in [0.15, 0.2) is 11.0 Å². The Hall–Kier alpha value is -1.07. The highest BCUT2D eigenvalue weighted by Crippen LogP contribution is 2.18. The van der Waals surface area contributed by atoms with E-state index in [-0.39, 0.29) is 10.6 Å². The molecule has 1 heterocycles. The zero-order valence-corrected chi connectivity index (χ0v) is 9.64. The van der Waals surface area contributed by atoms with E-state index in [1.54, 1.807) is 6.20 Å². The molecule has 0 aromatic carbocycles. The van der Waals surface area contributed by atoms with Gasteiger partial charge in [-0.1, -0.05) is 11.6 Å². The molecule has 84 valence electrons. The number of hydrogen-bond acceptors (Lipinski definition) is 4. The Balaban J connectivity index is 2.69. The first-order valence-corrected chi connectivity index (χ1v) is 5.13. The van der Waals surface area contributed by atoms with Crippen molar-refractivity contribution in [3.05, 3.63) is 21.6 Å². The molecule has 15 heavy (non-hydrogen) atoms. The second kappa shape index (κ2) is 5.72. The summed E-state index contributed by atoms with van der Waals surface area (Å²) in [5.74, 6) is 0. The zero-order chi connectivity index (χ0) is 11.3. The van der Waals surface area contributed by atoms with Gasteiger partial charge in [0.25, 0.3) is 5.56 Å². The number of nitrogens with one attached hydrogen (secondary N) is 2. The van der Waals surface area contributed by atoms with Crippen LogP contribution in [0, 0.1) is 0 Å². The SMILES string of the molecule is CNCCCN(C)c1cn[nH]c(=O)c1Cl. The molecular weight excluding hydrogens is 216 g/mol. The van der Waals surface area contributed by atoms with Gasteiger partial charge in [-0.05, 0) is 20.0 Å². The van der Waals surface area contributed by atoms with Gasteiger partial charge in [0, 0.05) is 13.6 Å². The Morgan fingerprint density at radius 2 is 2.40 bits per heavy atom. The highest BCUT2D eigenvalue weighted by Gasteiger charge is 2.08. The van der Waals surface area contributed by atoms with E-state index in [0.717, 1.165) is 19.5 Å². The molecule has 0 bridgehead atoms. The summed E-state index contributed by atoms with van der Waals surface area (Å²) in [5, 5.41) is 9.25. The number of nitrogens with zero attached hydrogens (tertiary/aromatic N) is 2. The van der Waals surface area contributed by atoms with Gasteiger partial charge < -0.3 is 10.2 Å². The maximum absolute atomic E-state index is 11.2. The monoisotopic (exact) mass is 230 g/mol. The summed E-state index contributed by atoms with van der Waals surface area (Å²) in [4.78, 5) is 13.1. The van der Waals surface area contributed by atoms with Crippen molar-refractivity contribution in [3.8, 4) is 0 Å². The van der Waals surface area contributed by atoms with Gasteiger partial charge in [-0.2, -0.15) is 5.10 Å². The van der Waals surface area contributed by atoms with Crippen molar-refractivity contribution < 1.29 is 0 Å². The summed E-state index contributed by atoms with van der Waals surface area (Å²) in [6.07, 6.45) is 2.54. The molecule has 2 N–H and O–H groups in total. The van der Waals surface area contributed by atoms with Crippen molar-refractivity contribution >= 4 is 17.3 Å². The van der Waals surface area contributed by atoms with Crippen LogP contribution in [0.25, 0.3) is 0 Å². The fraction of sp³-hybridized carbons (Fsp3) is 0.556. The number of aromatic amines is 1. The molecule has 0 aliphatic carbocycles. The smallest absolute Gasteiger partial charge is 0.285 e. The number of halogens is 1. The molecule has 0 saturated heterocycles. The van der Waals surface area contributed by atoms with Crippen LogP contribution < -0.4 is 15.8 Å². The average molecular weight is 231 g/mol. The lowest BCUT2D eigenvalue weighted by molar-refractivity contribution is 0.711. The first-order valence-electron chi connectivity index (χ1n) is 4.75. The maximum Gasteiger partial charge on any atom is 0.285 e. The van der Waals surface area contributed by atoms with Crippen molar-refractivity contribution in [1.82, 2.24) is 15.5 Å². The van der Waals surface area contributed by atoms with Crippen LogP contribution in [-0.2, 0) is 0 Å². The summed E-state index contributed by atoms with van der Waals surface area (Å²) < 4.78 is 0. The third-order valence-electron chi connectivity index (χ3n) is 2.11. The molecule has 0 atom stereocenters. The molecule has 1 aromatic heterocycles. The molecule has 5 nitrogen and oxygen atoms in total. The Bertz CT molecular complexity index is 365. The van der Waals surface area contributed by atoms with E-state index in [1.165, 1.54) is 0 Å². The fourth-order valence-electron chi connectivity index (χ4n) is 1.25. The zero-order valence-electron chi connectivity index (χ0n) is 8.88. The standard InChI is InChI=1S/C9H15ClN4O/c1-11-4-3-5-14(2)7-6-12-13-9(15)8(7)10/h6,11H,3-5H2,1-2H3,(H,13,15). The topological polar surface area (TPSA) is 61.0 Å². The van der Waals surface area contributed by atoms with Crippen LogP contribution >= 0.6 is 11.6 Å². The second-order valence-corrected chi connectivity index (χ2v) is 3.65. The van der Waals surface area contributed by atoms with E-state index in [2.05, 4.69) is 15.5 Å². The quantitative estimate of drug-likeness (QED) is 0.722. The van der Waals surface area contributed by atoms with Gasteiger partial charge in [-0.3, -0.25) is 4.79 Å². The first kappa shape index (κ1) is 12.0. The highest BCUT2D eigenvalue weighted by atomic mass is 35.5. The third-order valence-corrected chi connectivity index (χ3v) is 2.47. The normalized spacial score (nSPS) is 10.3. The van der Waals surface area contributed by atoms with Crippen LogP contribution in [0.5, 0.6) is 0 Å². The van der Waals surface area contributed by atoms with E-state index >= 15 is 0 Å². The van der Waals surface area contributed by atoms with Crippen LogP contribution in [-0.4, -0.2) is 37.4 Å². The molecule has 1 aromatic rings. The number of H-pyrrole nitrogens is 1. The van der Waals surface area contributed by atoms with Gasteiger partial charge in [-0.15, -0.1) is 0 Å². The Labute approximate surface area is 93.4 Å². The molecule has 6 heteroatoms. The molecule has 0 spiro atoms. The van der Waals surface area contributed by atoms with E-state index in [0.29, 0.717) is 5.69 Å². The van der Waals surface area contributed by atoms with Gasteiger partial charge in [0.2, 0.25) is 0 Å². The second-order valence-electron chi connectivity index (χ2n) is 3.28. The highest BCUT2D eigenvalue weighted by molar-refractivity contribution is 6.32. The predicted molar refractivity (Wildman–Crippen MR) is 61.7 cm³/mol. The molecule has 0 amide bonds. The van der Waals surface area contributed by atoms with Crippen LogP contribution in [0.3, 0.4) is 0 Å². The average Bonchev–Trinajstić information content (AvgIpc) is 2.22. The number of anilines is 1. The van der Waals surface area contributed by atoms with Gasteiger partial charge in [0.15, 0.2) is 0 Å². The van der Waals surface area contributed by atoms with E-state index in [4.69, 9.17) is 11.6 Å². The van der Waals surface area contributed by atoms with Crippen molar-refractivity contribution in [1.29, 1.82) is 0 Å². The summed E-state index contributed by atoms with van der Waals surface area (Å²) in [6, 6.07) is 0. The molecule has 0 aliphatic rings. The van der Waals surface area contributed by atoms with Gasteiger partial charge >= 0.3 is 0 Å². The summed E-state index contributed by atoms with van der Waals surface area (Å²) in [5.41, 5.74) is 0.311. The third kappa shape index (κ3) is 3.21. The van der Waals surface area contributed by atoms with Crippen LogP contribution in [0.1, 0.15) is 6.42 Å². The molecule has 0 radical (unpaired) electrons. The predicted octanol–water partition coefficient (Wildman–Crippen LogP) is 0.469. The van der Waals surface area contributed by atoms with E-state index in [1.807, 2.05) is 19.0 Å². The minimum Gasteiger partial charge on any atom is -0.372 e. The number of hydrogen-bond donors (Lipinski definition) is 2. The van der Waals surface area contributed by atoms with Crippen LogP contribution in [0.4, 0.5) is 5.69 Å². The Kier molecular flexibility index (Phi) is 4.58. The number of rotatable bonds is 5. The van der Waals surface area contributed by atoms with Crippen molar-refractivity contribution in [2.75, 3.05) is 32.1 Å². The molecule has 0 aliphatic heterocycles. The van der Waals surface area contributed by atoms with Gasteiger partial charge in [-0.25, -0.2) is 5.10 Å². The molecule has 0 unspecified atom stereocenters. The Morgan fingerprint density at radius 1 is 1.67 bits per heavy atom. The van der Waals surface area contributed by atoms with E-state index in [9.17, 15) is 4.79 Å². The van der Waals surface area contributed by atoms with Crippen molar-refractivity contribution in [3.63, 3.8) is 0 Å². The lowest BCUT2D eigenvalue weighted by Gasteiger charge is -2.19. The van der Waals surface area contributed by atoms with Crippen LogP contribution in [0.2, 0.25) is 5.02 Å². The Morgan fingerprint density at radius 3 is 3.07 bits per heavy atom. The van der Waals surface area contributed by atoms with Crippen molar-refractivity contribution in [2.45, 2.75) is 6.42 Å². The van der Waals surface area contributed by atoms with E-state index < -0.39 is 0 Å². The molecule has 0 fully saturated rings. The minimum absolute atomic E-state index is 0.192. The minimum atomic E-state index is -0.352. The fourth-order valence-corrected chi connectivity index (χ4v) is 1.49. The molecule has 1 rings (SSSR count). The summed E-state index contributed by atoms with van der Waals surface area (Å²) in [7, 11) is 3.79. The largest absolute Gasteiger partial charge is 0.372 e. The number of aromatic nitrogens is 2. The van der Waals surface area contributed by atoms with Crippen molar-refractivity contribution in [2.24, 2.45) is 0 Å². The summed E-state index contributed by atoms with van der Waals surface area (Å²) in [6.45, 7) is 1.75. The van der Waals surface area contributed by atoms with Gasteiger partial charge in [0.05, 0.1) is 11.9 Å². The summed E-state index contributed by atoms with van der Waals surface area (Å²) >= 11 is 5.86. The lowest BCUT2D eigenvalue weighted by atomic mass is 10.3. The first-order chi connectivity index (χ1) is 7.16. The maximum atomic E-state index is 11.2. The molecule has 0 saturated carbocycles. The molecular formula is C9H15ClN4O. The lowest BCUT2D eigenvalue weighted by Crippen LogP contribution is -2.24. The van der Waals surface area contributed by atoms with Gasteiger partial charge in [0.1, 0.15) is 5.02 Å².